The van der Waals surface area contributed by atoms with Crippen molar-refractivity contribution < 1.29 is 9.72 Å². The molecule has 2 N–H and O–H groups in total. The van der Waals surface area contributed by atoms with E-state index in [1.54, 1.807) is 12.1 Å². The zero-order valence-corrected chi connectivity index (χ0v) is 11.5. The lowest BCUT2D eigenvalue weighted by atomic mass is 10.3. The third-order valence-electron chi connectivity index (χ3n) is 2.34. The number of carbonyl (C=O) groups excluding carboxylic acids is 1. The van der Waals surface area contributed by atoms with Crippen LogP contribution in [0.25, 0.3) is 0 Å². The Bertz CT molecular complexity index is 423. The molecular formula is C12H17N3O3S. The summed E-state index contributed by atoms with van der Waals surface area (Å²) in [5.41, 5.74) is 0.0564. The minimum atomic E-state index is -0.442. The molecule has 0 bridgehead atoms. The maximum absolute atomic E-state index is 11.5. The van der Waals surface area contributed by atoms with Gasteiger partial charge in [0.05, 0.1) is 10.7 Å². The summed E-state index contributed by atoms with van der Waals surface area (Å²) < 4.78 is 0. The van der Waals surface area contributed by atoms with Crippen molar-refractivity contribution in [1.29, 1.82) is 0 Å². The number of amides is 1. The van der Waals surface area contributed by atoms with Crippen molar-refractivity contribution in [2.45, 2.75) is 11.3 Å². The summed E-state index contributed by atoms with van der Waals surface area (Å²) in [6.07, 6.45) is 0.893. The fourth-order valence-corrected chi connectivity index (χ4v) is 2.09. The third-order valence-corrected chi connectivity index (χ3v) is 3.36. The van der Waals surface area contributed by atoms with Gasteiger partial charge in [0, 0.05) is 23.6 Å². The maximum atomic E-state index is 11.5. The lowest BCUT2D eigenvalue weighted by Crippen LogP contribution is -2.27. The van der Waals surface area contributed by atoms with Crippen LogP contribution >= 0.6 is 11.8 Å². The summed E-state index contributed by atoms with van der Waals surface area (Å²) in [4.78, 5) is 22.4. The smallest absolute Gasteiger partial charge is 0.269 e. The van der Waals surface area contributed by atoms with Crippen molar-refractivity contribution in [3.63, 3.8) is 0 Å². The van der Waals surface area contributed by atoms with Crippen molar-refractivity contribution in [1.82, 2.24) is 10.6 Å². The van der Waals surface area contributed by atoms with Crippen molar-refractivity contribution in [3.05, 3.63) is 34.4 Å². The topological polar surface area (TPSA) is 84.3 Å². The van der Waals surface area contributed by atoms with Crippen LogP contribution in [0, 0.1) is 10.1 Å². The lowest BCUT2D eigenvalue weighted by Gasteiger charge is -2.04. The van der Waals surface area contributed by atoms with Crippen molar-refractivity contribution in [2.24, 2.45) is 0 Å². The normalized spacial score (nSPS) is 10.2. The fourth-order valence-electron chi connectivity index (χ4n) is 1.36. The van der Waals surface area contributed by atoms with Gasteiger partial charge in [-0.3, -0.25) is 14.9 Å². The highest BCUT2D eigenvalue weighted by molar-refractivity contribution is 8.00. The average molecular weight is 283 g/mol. The summed E-state index contributed by atoms with van der Waals surface area (Å²) in [5.74, 6) is 0.289. The lowest BCUT2D eigenvalue weighted by molar-refractivity contribution is -0.384. The van der Waals surface area contributed by atoms with E-state index >= 15 is 0 Å². The number of hydrogen-bond donors (Lipinski definition) is 2. The SMILES string of the molecule is CNCCCNC(=O)CSc1ccc([N+](=O)[O-])cc1. The molecule has 1 aromatic rings. The predicted molar refractivity (Wildman–Crippen MR) is 75.4 cm³/mol. The zero-order chi connectivity index (χ0) is 14.1. The monoisotopic (exact) mass is 283 g/mol. The molecule has 0 saturated heterocycles. The summed E-state index contributed by atoms with van der Waals surface area (Å²) in [7, 11) is 1.87. The van der Waals surface area contributed by atoms with Crippen LogP contribution in [0.15, 0.2) is 29.2 Å². The van der Waals surface area contributed by atoms with E-state index in [2.05, 4.69) is 10.6 Å². The zero-order valence-electron chi connectivity index (χ0n) is 10.7. The second kappa shape index (κ2) is 8.49. The van der Waals surface area contributed by atoms with Crippen LogP contribution in [-0.2, 0) is 4.79 Å². The van der Waals surface area contributed by atoms with Crippen LogP contribution in [0.4, 0.5) is 5.69 Å². The minimum Gasteiger partial charge on any atom is -0.355 e. The number of carbonyl (C=O) groups is 1. The molecule has 7 heteroatoms. The molecule has 104 valence electrons. The second-order valence-electron chi connectivity index (χ2n) is 3.85. The van der Waals surface area contributed by atoms with E-state index in [0.29, 0.717) is 12.3 Å². The molecule has 6 nitrogen and oxygen atoms in total. The summed E-state index contributed by atoms with van der Waals surface area (Å²) in [5, 5.41) is 16.3. The van der Waals surface area contributed by atoms with Gasteiger partial charge in [0.2, 0.25) is 5.91 Å². The first-order valence-corrected chi connectivity index (χ1v) is 6.90. The Morgan fingerprint density at radius 2 is 2.00 bits per heavy atom. The number of rotatable bonds is 8. The number of hydrogen-bond acceptors (Lipinski definition) is 5. The average Bonchev–Trinajstić information content (AvgIpc) is 2.42. The van der Waals surface area contributed by atoms with Crippen LogP contribution in [-0.4, -0.2) is 36.7 Å². The van der Waals surface area contributed by atoms with Gasteiger partial charge in [0.15, 0.2) is 0 Å². The summed E-state index contributed by atoms with van der Waals surface area (Å²) in [6, 6.07) is 6.18. The number of non-ortho nitro benzene ring substituents is 1. The third kappa shape index (κ3) is 6.21. The van der Waals surface area contributed by atoms with Crippen molar-refractivity contribution >= 4 is 23.4 Å². The number of nitrogens with one attached hydrogen (secondary N) is 2. The summed E-state index contributed by atoms with van der Waals surface area (Å²) >= 11 is 1.36. The van der Waals surface area contributed by atoms with Gasteiger partial charge in [-0.2, -0.15) is 0 Å². The van der Waals surface area contributed by atoms with Crippen molar-refractivity contribution in [2.75, 3.05) is 25.9 Å². The highest BCUT2D eigenvalue weighted by Crippen LogP contribution is 2.20. The molecule has 0 aliphatic rings. The van der Waals surface area contributed by atoms with E-state index in [0.717, 1.165) is 17.9 Å². The van der Waals surface area contributed by atoms with Gasteiger partial charge in [-0.05, 0) is 32.1 Å². The maximum Gasteiger partial charge on any atom is 0.269 e. The molecular weight excluding hydrogens is 266 g/mol. The number of benzene rings is 1. The largest absolute Gasteiger partial charge is 0.355 e. The molecule has 0 atom stereocenters. The fraction of sp³-hybridized carbons (Fsp3) is 0.417. The van der Waals surface area contributed by atoms with E-state index in [1.165, 1.54) is 23.9 Å². The first kappa shape index (κ1) is 15.5. The summed E-state index contributed by atoms with van der Waals surface area (Å²) in [6.45, 7) is 1.52. The molecule has 1 amide bonds. The van der Waals surface area contributed by atoms with Crippen LogP contribution in [0.3, 0.4) is 0 Å². The van der Waals surface area contributed by atoms with Gasteiger partial charge in [-0.25, -0.2) is 0 Å². The molecule has 1 aromatic carbocycles. The van der Waals surface area contributed by atoms with E-state index in [1.807, 2.05) is 7.05 Å². The van der Waals surface area contributed by atoms with Crippen LogP contribution in [0.2, 0.25) is 0 Å². The number of nitro groups is 1. The first-order chi connectivity index (χ1) is 9.13. The van der Waals surface area contributed by atoms with E-state index in [4.69, 9.17) is 0 Å². The molecule has 19 heavy (non-hydrogen) atoms. The van der Waals surface area contributed by atoms with Crippen LogP contribution < -0.4 is 10.6 Å². The van der Waals surface area contributed by atoms with Gasteiger partial charge in [-0.15, -0.1) is 11.8 Å². The molecule has 0 unspecified atom stereocenters. The Kier molecular flexibility index (Phi) is 6.91. The Labute approximate surface area is 116 Å². The molecule has 0 aliphatic carbocycles. The molecule has 0 radical (unpaired) electrons. The van der Waals surface area contributed by atoms with Gasteiger partial charge < -0.3 is 10.6 Å². The van der Waals surface area contributed by atoms with Gasteiger partial charge in [0.1, 0.15) is 0 Å². The quantitative estimate of drug-likeness (QED) is 0.326. The van der Waals surface area contributed by atoms with E-state index in [-0.39, 0.29) is 11.6 Å². The van der Waals surface area contributed by atoms with Crippen LogP contribution in [0.5, 0.6) is 0 Å². The Hall–Kier alpha value is -1.60. The molecule has 0 saturated carbocycles. The number of nitro benzene ring substituents is 1. The first-order valence-electron chi connectivity index (χ1n) is 5.92. The minimum absolute atomic E-state index is 0.0283. The Morgan fingerprint density at radius 3 is 2.58 bits per heavy atom. The Morgan fingerprint density at radius 1 is 1.32 bits per heavy atom. The highest BCUT2D eigenvalue weighted by Gasteiger charge is 2.06. The Balaban J connectivity index is 2.28. The molecule has 0 heterocycles. The number of nitrogens with zero attached hydrogens (tertiary/aromatic N) is 1. The van der Waals surface area contributed by atoms with Crippen LogP contribution in [0.1, 0.15) is 6.42 Å². The molecule has 1 rings (SSSR count). The predicted octanol–water partition coefficient (Wildman–Crippen LogP) is 1.41. The molecule has 0 fully saturated rings. The van der Waals surface area contributed by atoms with E-state index < -0.39 is 4.92 Å². The highest BCUT2D eigenvalue weighted by atomic mass is 32.2. The van der Waals surface area contributed by atoms with E-state index in [9.17, 15) is 14.9 Å². The van der Waals surface area contributed by atoms with Gasteiger partial charge in [0.25, 0.3) is 5.69 Å². The molecule has 0 aliphatic heterocycles. The van der Waals surface area contributed by atoms with Gasteiger partial charge in [-0.1, -0.05) is 0 Å². The van der Waals surface area contributed by atoms with Crippen molar-refractivity contribution in [3.8, 4) is 0 Å². The van der Waals surface area contributed by atoms with Gasteiger partial charge >= 0.3 is 0 Å². The second-order valence-corrected chi connectivity index (χ2v) is 4.90. The molecule has 0 aromatic heterocycles. The molecule has 0 spiro atoms. The number of thioether (sulfide) groups is 1. The standard InChI is InChI=1S/C12H17N3O3S/c1-13-7-2-8-14-12(16)9-19-11-5-3-10(4-6-11)15(17)18/h3-6,13H,2,7-9H2,1H3,(H,14,16).